The zero-order valence-electron chi connectivity index (χ0n) is 31.7. The zero-order valence-corrected chi connectivity index (χ0v) is 34.0. The summed E-state index contributed by atoms with van der Waals surface area (Å²) in [5, 5.41) is 82.1. The van der Waals surface area contributed by atoms with Crippen LogP contribution in [0.15, 0.2) is 0 Å². The third-order valence-corrected chi connectivity index (χ3v) is 7.90. The molecule has 339 valence electrons. The van der Waals surface area contributed by atoms with E-state index in [4.69, 9.17) is 19.1 Å². The fraction of sp³-hybridized carbons (Fsp3) is 0.767. The zero-order chi connectivity index (χ0) is 42.3. The second-order valence-corrected chi connectivity index (χ2v) is 12.7. The minimum absolute atomic E-state index is 0. The first-order valence-corrected chi connectivity index (χ1v) is 17.6. The number of hydrogen-bond acceptors (Lipinski definition) is 23. The summed E-state index contributed by atoms with van der Waals surface area (Å²) < 4.78 is 10.0. The van der Waals surface area contributed by atoms with Crippen LogP contribution in [0.1, 0.15) is 0 Å². The molecule has 28 nitrogen and oxygen atoms in total. The molecular formula is C30H52GdN9O19. The van der Waals surface area contributed by atoms with E-state index in [-0.39, 0.29) is 111 Å². The average molecular weight is 1000 g/mol. The van der Waals surface area contributed by atoms with E-state index in [0.717, 1.165) is 9.80 Å². The Labute approximate surface area is 369 Å². The van der Waals surface area contributed by atoms with E-state index in [0.29, 0.717) is 0 Å². The van der Waals surface area contributed by atoms with Crippen molar-refractivity contribution in [2.45, 2.75) is 36.9 Å². The van der Waals surface area contributed by atoms with Crippen molar-refractivity contribution in [2.75, 3.05) is 112 Å². The second kappa shape index (κ2) is 31.0. The maximum absolute atomic E-state index is 12.5. The molecule has 0 saturated carbocycles. The van der Waals surface area contributed by atoms with Crippen LogP contribution < -0.4 is 47.5 Å². The summed E-state index contributed by atoms with van der Waals surface area (Å²) in [4.78, 5) is 96.4. The maximum atomic E-state index is 12.5. The number of carbonyl (C=O) groups is 7. The number of nitrogens with one attached hydrogen (secondary N) is 6. The maximum Gasteiger partial charge on any atom is 3.00 e. The molecule has 4 amide bonds. The van der Waals surface area contributed by atoms with Crippen LogP contribution in [0, 0.1) is 39.9 Å². The fourth-order valence-electron chi connectivity index (χ4n) is 5.03. The molecule has 2 unspecified atom stereocenters. The molecule has 29 heteroatoms. The van der Waals surface area contributed by atoms with Crippen molar-refractivity contribution in [3.05, 3.63) is 0 Å². The molecule has 2 aliphatic rings. The number of carbonyl (C=O) groups excluding carboxylic acids is 7. The van der Waals surface area contributed by atoms with Crippen molar-refractivity contribution >= 4 is 41.5 Å². The molecule has 0 spiro atoms. The molecule has 6 atom stereocenters. The summed E-state index contributed by atoms with van der Waals surface area (Å²) >= 11 is 0. The van der Waals surface area contributed by atoms with E-state index in [2.05, 4.69) is 32.2 Å². The largest absolute Gasteiger partial charge is 3.00 e. The molecular weight excluding hydrogens is 948 g/mol. The van der Waals surface area contributed by atoms with Gasteiger partial charge in [-0.05, 0) is 0 Å². The Morgan fingerprint density at radius 2 is 0.831 bits per heavy atom. The Bertz CT molecular complexity index is 1240. The molecule has 0 aromatic heterocycles. The third kappa shape index (κ3) is 24.8. The number of carboxylic acids is 3. The van der Waals surface area contributed by atoms with E-state index >= 15 is 0 Å². The monoisotopic (exact) mass is 1000 g/mol. The second-order valence-electron chi connectivity index (χ2n) is 12.7. The van der Waals surface area contributed by atoms with Crippen LogP contribution in [0.5, 0.6) is 0 Å². The SMILES string of the molecule is O.O=C([O-])CN(CCN(CC(=O)[O-])CC(=O)NCCNC(=O)CONC1OC[C@@H](O)[C@@H]1O)CCN(CC(=O)[O-])CC(=O)NCCNC(=O)CONC1OC[C@@H](O)[C@@H]1O.[Gd+3]. The number of rotatable bonds is 30. The summed E-state index contributed by atoms with van der Waals surface area (Å²) in [5.41, 5.74) is 4.58. The minimum Gasteiger partial charge on any atom is -0.549 e. The Balaban J connectivity index is 0.0000168. The predicted molar refractivity (Wildman–Crippen MR) is 182 cm³/mol. The van der Waals surface area contributed by atoms with E-state index in [9.17, 15) is 69.3 Å². The van der Waals surface area contributed by atoms with Gasteiger partial charge in [-0.15, -0.1) is 0 Å². The van der Waals surface area contributed by atoms with Crippen LogP contribution >= 0.6 is 0 Å². The summed E-state index contributed by atoms with van der Waals surface area (Å²) in [5.74, 6) is -7.08. The number of ether oxygens (including phenoxy) is 2. The van der Waals surface area contributed by atoms with Gasteiger partial charge in [-0.2, -0.15) is 11.0 Å². The molecule has 2 aliphatic heterocycles. The topological polar surface area (TPSA) is 420 Å². The van der Waals surface area contributed by atoms with E-state index in [1.54, 1.807) is 0 Å². The van der Waals surface area contributed by atoms with Gasteiger partial charge in [0, 0.05) is 72.0 Å². The summed E-state index contributed by atoms with van der Waals surface area (Å²) in [6.07, 6.45) is -6.76. The van der Waals surface area contributed by atoms with E-state index < -0.39 is 124 Å². The van der Waals surface area contributed by atoms with Gasteiger partial charge in [-0.1, -0.05) is 0 Å². The number of hydroxylamine groups is 2. The first-order chi connectivity index (χ1) is 27.0. The van der Waals surface area contributed by atoms with Crippen LogP contribution in [0.25, 0.3) is 0 Å². The standard InChI is InChI=1S/C30H53N9O18.Gd.H2O/c40-18-14-54-29(27(18)52)35-56-16-22(44)33-3-1-31-20(42)9-38(12-25(48)49)7-5-37(11-24(46)47)6-8-39(13-26(50)51)10-21(43)32-2-4-34-23(45)17-57-36-30-28(53)19(41)15-55-30;;/h18-19,27-30,35-36,40-41,52-53H,1-17H2,(H,31,42)(H,32,43)(H,33,44)(H,34,45)(H,46,47)(H,48,49)(H,50,51);;1H2/q;+3;/p-3/t18-,19-,27+,28+,29?,30?;;/m1../s1. The minimum atomic E-state index is -1.53. The van der Waals surface area contributed by atoms with Crippen molar-refractivity contribution in [1.29, 1.82) is 0 Å². The molecule has 2 saturated heterocycles. The van der Waals surface area contributed by atoms with Crippen LogP contribution in [-0.2, 0) is 52.7 Å². The molecule has 1 radical (unpaired) electrons. The molecule has 12 N–H and O–H groups in total. The van der Waals surface area contributed by atoms with Crippen LogP contribution in [0.3, 0.4) is 0 Å². The quantitative estimate of drug-likeness (QED) is 0.0236. The molecule has 2 rings (SSSR count). The van der Waals surface area contributed by atoms with Crippen LogP contribution in [0.2, 0.25) is 0 Å². The van der Waals surface area contributed by atoms with Crippen LogP contribution in [0.4, 0.5) is 0 Å². The summed E-state index contributed by atoms with van der Waals surface area (Å²) in [6.45, 7) is -5.07. The fourth-order valence-corrected chi connectivity index (χ4v) is 5.03. The number of aliphatic hydroxyl groups excluding tert-OH is 4. The van der Waals surface area contributed by atoms with Crippen molar-refractivity contribution < 1.29 is 134 Å². The van der Waals surface area contributed by atoms with Gasteiger partial charge in [0.25, 0.3) is 0 Å². The number of hydrogen-bond donors (Lipinski definition) is 10. The molecule has 2 heterocycles. The molecule has 0 bridgehead atoms. The Kier molecular flexibility index (Phi) is 29.4. The van der Waals surface area contributed by atoms with Gasteiger partial charge in [-0.25, -0.2) is 0 Å². The van der Waals surface area contributed by atoms with Gasteiger partial charge in [0.1, 0.15) is 37.6 Å². The summed E-state index contributed by atoms with van der Waals surface area (Å²) in [6, 6.07) is 0. The Hall–Kier alpha value is -2.95. The Morgan fingerprint density at radius 1 is 0.525 bits per heavy atom. The number of carboxylic acid groups (broad SMARTS) is 3. The first kappa shape index (κ1) is 56.1. The smallest absolute Gasteiger partial charge is 0.549 e. The third-order valence-electron chi connectivity index (χ3n) is 7.90. The number of aliphatic hydroxyl groups is 4. The van der Waals surface area contributed by atoms with Gasteiger partial charge < -0.3 is 86.3 Å². The predicted octanol–water partition coefficient (Wildman–Crippen LogP) is -14.0. The average Bonchev–Trinajstić information content (AvgIpc) is 3.62. The number of amides is 4. The van der Waals surface area contributed by atoms with Gasteiger partial charge >= 0.3 is 39.9 Å². The normalized spacial score (nSPS) is 21.1. The number of nitrogens with zero attached hydrogens (tertiary/aromatic N) is 3. The summed E-state index contributed by atoms with van der Waals surface area (Å²) in [7, 11) is 0. The number of aliphatic carboxylic acids is 3. The molecule has 0 aromatic rings. The Morgan fingerprint density at radius 3 is 1.14 bits per heavy atom. The van der Waals surface area contributed by atoms with Crippen molar-refractivity contribution in [2.24, 2.45) is 0 Å². The first-order valence-electron chi connectivity index (χ1n) is 17.6. The molecule has 2 fully saturated rings. The van der Waals surface area contributed by atoms with Crippen molar-refractivity contribution in [3.63, 3.8) is 0 Å². The van der Waals surface area contributed by atoms with Gasteiger partial charge in [0.2, 0.25) is 23.6 Å². The van der Waals surface area contributed by atoms with Crippen LogP contribution in [-0.4, -0.2) is 231 Å². The van der Waals surface area contributed by atoms with E-state index in [1.807, 2.05) is 0 Å². The van der Waals surface area contributed by atoms with E-state index in [1.165, 1.54) is 4.90 Å². The van der Waals surface area contributed by atoms with Gasteiger partial charge in [-0.3, -0.25) is 43.6 Å². The molecule has 0 aliphatic carbocycles. The van der Waals surface area contributed by atoms with Gasteiger partial charge in [0.05, 0.1) is 44.2 Å². The van der Waals surface area contributed by atoms with Crippen molar-refractivity contribution in [1.82, 2.24) is 46.9 Å². The molecule has 59 heavy (non-hydrogen) atoms. The van der Waals surface area contributed by atoms with Crippen molar-refractivity contribution in [3.8, 4) is 0 Å². The molecule has 0 aromatic carbocycles. The van der Waals surface area contributed by atoms with Gasteiger partial charge in [0.15, 0.2) is 12.5 Å².